The Hall–Kier alpha value is -1.32. The van der Waals surface area contributed by atoms with E-state index < -0.39 is 12.0 Å². The van der Waals surface area contributed by atoms with E-state index in [0.29, 0.717) is 18.9 Å². The zero-order chi connectivity index (χ0) is 13.1. The fourth-order valence-electron chi connectivity index (χ4n) is 3.05. The molecule has 1 aliphatic heterocycles. The molecule has 2 aliphatic rings. The second-order valence-corrected chi connectivity index (χ2v) is 5.46. The zero-order valence-electron chi connectivity index (χ0n) is 10.8. The first-order valence-electron chi connectivity index (χ1n) is 6.78. The predicted octanol–water partition coefficient (Wildman–Crippen LogP) is 2.05. The van der Waals surface area contributed by atoms with Crippen molar-refractivity contribution in [1.29, 1.82) is 0 Å². The lowest BCUT2D eigenvalue weighted by atomic mass is 9.90. The molecule has 0 aromatic heterocycles. The molecule has 3 unspecified atom stereocenters. The molecule has 0 bridgehead atoms. The number of hydrogen-bond donors (Lipinski definition) is 1. The number of rotatable bonds is 3. The first kappa shape index (κ1) is 13.1. The molecular weight excluding hydrogens is 230 g/mol. The van der Waals surface area contributed by atoms with Gasteiger partial charge in [0.1, 0.15) is 6.04 Å². The molecule has 1 amide bonds. The van der Waals surface area contributed by atoms with Crippen molar-refractivity contribution in [2.45, 2.75) is 45.1 Å². The van der Waals surface area contributed by atoms with E-state index in [-0.39, 0.29) is 11.8 Å². The van der Waals surface area contributed by atoms with Crippen molar-refractivity contribution in [3.8, 4) is 0 Å². The van der Waals surface area contributed by atoms with E-state index in [0.717, 1.165) is 25.7 Å². The molecule has 4 nitrogen and oxygen atoms in total. The summed E-state index contributed by atoms with van der Waals surface area (Å²) >= 11 is 0. The van der Waals surface area contributed by atoms with E-state index in [1.165, 1.54) is 0 Å². The number of nitrogens with zero attached hydrogens (tertiary/aromatic N) is 1. The molecular formula is C14H21NO3. The van der Waals surface area contributed by atoms with Crippen LogP contribution in [0.3, 0.4) is 0 Å². The van der Waals surface area contributed by atoms with Crippen LogP contribution in [-0.4, -0.2) is 34.5 Å². The summed E-state index contributed by atoms with van der Waals surface area (Å²) in [6, 6.07) is -0.628. The molecule has 0 radical (unpaired) electrons. The van der Waals surface area contributed by atoms with E-state index in [2.05, 4.69) is 12.2 Å². The van der Waals surface area contributed by atoms with E-state index in [4.69, 9.17) is 0 Å². The monoisotopic (exact) mass is 251 g/mol. The fraction of sp³-hybridized carbons (Fsp3) is 0.714. The van der Waals surface area contributed by atoms with Crippen molar-refractivity contribution >= 4 is 11.9 Å². The first-order valence-corrected chi connectivity index (χ1v) is 6.78. The summed E-state index contributed by atoms with van der Waals surface area (Å²) in [5.74, 6) is -0.494. The normalized spacial score (nSPS) is 31.6. The first-order chi connectivity index (χ1) is 8.59. The molecule has 2 rings (SSSR count). The number of carboxylic acids is 1. The average molecular weight is 251 g/mol. The third kappa shape index (κ3) is 2.74. The van der Waals surface area contributed by atoms with Gasteiger partial charge in [0, 0.05) is 13.0 Å². The van der Waals surface area contributed by atoms with Crippen LogP contribution in [0.4, 0.5) is 0 Å². The van der Waals surface area contributed by atoms with Gasteiger partial charge in [-0.15, -0.1) is 0 Å². The zero-order valence-corrected chi connectivity index (χ0v) is 10.8. The smallest absolute Gasteiger partial charge is 0.326 e. The predicted molar refractivity (Wildman–Crippen MR) is 68.0 cm³/mol. The van der Waals surface area contributed by atoms with Crippen molar-refractivity contribution in [3.05, 3.63) is 12.2 Å². The molecule has 0 aromatic rings. The maximum atomic E-state index is 12.2. The van der Waals surface area contributed by atoms with Crippen LogP contribution in [0.2, 0.25) is 0 Å². The lowest BCUT2D eigenvalue weighted by Gasteiger charge is -2.37. The Morgan fingerprint density at radius 3 is 2.78 bits per heavy atom. The minimum absolute atomic E-state index is 0.00509. The number of carboxylic acid groups (broad SMARTS) is 1. The van der Waals surface area contributed by atoms with Crippen LogP contribution in [0, 0.1) is 11.8 Å². The summed E-state index contributed by atoms with van der Waals surface area (Å²) in [6.07, 6.45) is 8.52. The van der Waals surface area contributed by atoms with Gasteiger partial charge < -0.3 is 10.0 Å². The number of aliphatic carboxylic acids is 1. The van der Waals surface area contributed by atoms with Crippen LogP contribution in [0.15, 0.2) is 12.2 Å². The Balaban J connectivity index is 2.01. The number of hydrogen-bond acceptors (Lipinski definition) is 2. The fourth-order valence-corrected chi connectivity index (χ4v) is 3.05. The second kappa shape index (κ2) is 5.55. The minimum atomic E-state index is -0.863. The summed E-state index contributed by atoms with van der Waals surface area (Å²) in [5.41, 5.74) is 0. The molecule has 1 heterocycles. The lowest BCUT2D eigenvalue weighted by molar-refractivity contribution is -0.155. The summed E-state index contributed by atoms with van der Waals surface area (Å²) in [4.78, 5) is 25.1. The van der Waals surface area contributed by atoms with Gasteiger partial charge in [-0.25, -0.2) is 4.79 Å². The number of amides is 1. The van der Waals surface area contributed by atoms with Crippen LogP contribution < -0.4 is 0 Å². The highest BCUT2D eigenvalue weighted by atomic mass is 16.4. The molecule has 0 aromatic carbocycles. The quantitative estimate of drug-likeness (QED) is 0.781. The van der Waals surface area contributed by atoms with E-state index >= 15 is 0 Å². The van der Waals surface area contributed by atoms with Gasteiger partial charge in [0.2, 0.25) is 5.91 Å². The molecule has 1 aliphatic carbocycles. The molecule has 3 atom stereocenters. The summed E-state index contributed by atoms with van der Waals surface area (Å²) in [5, 5.41) is 9.28. The Morgan fingerprint density at radius 2 is 2.17 bits per heavy atom. The second-order valence-electron chi connectivity index (χ2n) is 5.46. The molecule has 18 heavy (non-hydrogen) atoms. The highest BCUT2D eigenvalue weighted by molar-refractivity contribution is 5.84. The van der Waals surface area contributed by atoms with Crippen molar-refractivity contribution < 1.29 is 14.7 Å². The van der Waals surface area contributed by atoms with Gasteiger partial charge in [-0.1, -0.05) is 19.1 Å². The Labute approximate surface area is 108 Å². The topological polar surface area (TPSA) is 57.6 Å². The Kier molecular flexibility index (Phi) is 4.04. The van der Waals surface area contributed by atoms with Gasteiger partial charge in [0.05, 0.1) is 0 Å². The standard InChI is InChI=1S/C14H21NO3/c1-10-5-4-8-15(13(10)14(17)18)12(16)9-11-6-2-3-7-11/h2,6,10-11,13H,3-5,7-9H2,1H3,(H,17,18). The molecule has 0 spiro atoms. The van der Waals surface area contributed by atoms with Crippen LogP contribution in [0.1, 0.15) is 39.0 Å². The number of allylic oxidation sites excluding steroid dienone is 2. The van der Waals surface area contributed by atoms with Gasteiger partial charge in [-0.3, -0.25) is 4.79 Å². The third-order valence-electron chi connectivity index (χ3n) is 4.06. The lowest BCUT2D eigenvalue weighted by Crippen LogP contribution is -2.52. The van der Waals surface area contributed by atoms with Crippen LogP contribution in [-0.2, 0) is 9.59 Å². The van der Waals surface area contributed by atoms with Gasteiger partial charge >= 0.3 is 5.97 Å². The highest BCUT2D eigenvalue weighted by Crippen LogP contribution is 2.27. The van der Waals surface area contributed by atoms with Crippen LogP contribution in [0.5, 0.6) is 0 Å². The van der Waals surface area contributed by atoms with Gasteiger partial charge in [-0.05, 0) is 37.5 Å². The van der Waals surface area contributed by atoms with Crippen LogP contribution in [0.25, 0.3) is 0 Å². The number of piperidine rings is 1. The molecule has 1 N–H and O–H groups in total. The molecule has 0 saturated carbocycles. The summed E-state index contributed by atoms with van der Waals surface area (Å²) in [7, 11) is 0. The van der Waals surface area contributed by atoms with Crippen molar-refractivity contribution in [3.63, 3.8) is 0 Å². The largest absolute Gasteiger partial charge is 0.480 e. The van der Waals surface area contributed by atoms with E-state index in [1.807, 2.05) is 6.92 Å². The van der Waals surface area contributed by atoms with Crippen LogP contribution >= 0.6 is 0 Å². The number of carbonyl (C=O) groups is 2. The number of carbonyl (C=O) groups excluding carboxylic acids is 1. The number of likely N-dealkylation sites (tertiary alicyclic amines) is 1. The Morgan fingerprint density at radius 1 is 1.39 bits per heavy atom. The van der Waals surface area contributed by atoms with Crippen molar-refractivity contribution in [2.24, 2.45) is 11.8 Å². The van der Waals surface area contributed by atoms with E-state index in [9.17, 15) is 14.7 Å². The minimum Gasteiger partial charge on any atom is -0.480 e. The summed E-state index contributed by atoms with van der Waals surface area (Å²) in [6.45, 7) is 2.52. The Bertz CT molecular complexity index is 364. The molecule has 1 fully saturated rings. The summed E-state index contributed by atoms with van der Waals surface area (Å²) < 4.78 is 0. The maximum absolute atomic E-state index is 12.2. The molecule has 4 heteroatoms. The average Bonchev–Trinajstić information content (AvgIpc) is 2.80. The van der Waals surface area contributed by atoms with Gasteiger partial charge in [0.15, 0.2) is 0 Å². The van der Waals surface area contributed by atoms with Crippen molar-refractivity contribution in [2.75, 3.05) is 6.54 Å². The molecule has 1 saturated heterocycles. The molecule has 100 valence electrons. The van der Waals surface area contributed by atoms with Gasteiger partial charge in [-0.2, -0.15) is 0 Å². The van der Waals surface area contributed by atoms with E-state index in [1.54, 1.807) is 4.90 Å². The van der Waals surface area contributed by atoms with Gasteiger partial charge in [0.25, 0.3) is 0 Å². The third-order valence-corrected chi connectivity index (χ3v) is 4.06. The SMILES string of the molecule is CC1CCCN(C(=O)CC2C=CCC2)C1C(=O)O. The van der Waals surface area contributed by atoms with Crippen molar-refractivity contribution in [1.82, 2.24) is 4.90 Å². The maximum Gasteiger partial charge on any atom is 0.326 e. The highest BCUT2D eigenvalue weighted by Gasteiger charge is 2.37.